The molecule has 2 aromatic rings. The Kier molecular flexibility index (Phi) is 4.77. The number of hydrogen-bond acceptors (Lipinski definition) is 1. The molecule has 0 aliphatic carbocycles. The molecule has 0 aromatic heterocycles. The number of nitrogens with one attached hydrogen (secondary N) is 1. The molecule has 0 aliphatic rings. The van der Waals surface area contributed by atoms with Crippen molar-refractivity contribution in [3.63, 3.8) is 0 Å². The second-order valence-electron chi connectivity index (χ2n) is 3.84. The molecule has 4 heteroatoms. The van der Waals surface area contributed by atoms with Gasteiger partial charge in [-0.2, -0.15) is 0 Å². The predicted molar refractivity (Wildman–Crippen MR) is 83.4 cm³/mol. The Hall–Kier alpha value is -1.58. The lowest BCUT2D eigenvalue weighted by molar-refractivity contribution is -0.112. The number of anilines is 1. The molecule has 1 N–H and O–H groups in total. The fourth-order valence-electron chi connectivity index (χ4n) is 1.51. The van der Waals surface area contributed by atoms with Crippen LogP contribution in [0.1, 0.15) is 5.56 Å². The predicted octanol–water partition coefficient (Wildman–Crippen LogP) is 4.71. The van der Waals surface area contributed by atoms with Gasteiger partial charge in [0.25, 0.3) is 5.91 Å². The van der Waals surface area contributed by atoms with Crippen LogP contribution in [-0.4, -0.2) is 5.91 Å². The minimum absolute atomic E-state index is 0.239. The van der Waals surface area contributed by atoms with Crippen LogP contribution in [0.15, 0.2) is 59.1 Å². The van der Waals surface area contributed by atoms with Gasteiger partial charge in [0, 0.05) is 0 Å². The Morgan fingerprint density at radius 2 is 1.68 bits per heavy atom. The van der Waals surface area contributed by atoms with Crippen molar-refractivity contribution < 1.29 is 4.79 Å². The van der Waals surface area contributed by atoms with E-state index in [9.17, 15) is 4.79 Å². The first-order chi connectivity index (χ1) is 9.16. The van der Waals surface area contributed by atoms with Gasteiger partial charge in [-0.25, -0.2) is 0 Å². The highest BCUT2D eigenvalue weighted by Gasteiger charge is 2.08. The van der Waals surface area contributed by atoms with Crippen molar-refractivity contribution in [2.75, 3.05) is 5.32 Å². The van der Waals surface area contributed by atoms with E-state index in [2.05, 4.69) is 21.2 Å². The van der Waals surface area contributed by atoms with Crippen molar-refractivity contribution >= 4 is 45.2 Å². The van der Waals surface area contributed by atoms with E-state index in [0.29, 0.717) is 15.2 Å². The topological polar surface area (TPSA) is 29.1 Å². The van der Waals surface area contributed by atoms with Crippen molar-refractivity contribution in [2.24, 2.45) is 0 Å². The summed E-state index contributed by atoms with van der Waals surface area (Å²) >= 11 is 9.25. The van der Waals surface area contributed by atoms with E-state index in [-0.39, 0.29) is 5.91 Å². The van der Waals surface area contributed by atoms with Crippen molar-refractivity contribution in [1.29, 1.82) is 0 Å². The molecule has 0 saturated heterocycles. The average molecular weight is 337 g/mol. The first-order valence-corrected chi connectivity index (χ1v) is 6.82. The highest BCUT2D eigenvalue weighted by molar-refractivity contribution is 9.12. The SMILES string of the molecule is O=C(Nc1ccccc1Cl)/C(Br)=C\c1ccccc1. The zero-order chi connectivity index (χ0) is 13.7. The summed E-state index contributed by atoms with van der Waals surface area (Å²) in [5.74, 6) is -0.239. The number of carbonyl (C=O) groups excluding carboxylic acids is 1. The quantitative estimate of drug-likeness (QED) is 0.808. The second-order valence-corrected chi connectivity index (χ2v) is 5.10. The van der Waals surface area contributed by atoms with Gasteiger partial charge in [0.2, 0.25) is 0 Å². The number of hydrogen-bond donors (Lipinski definition) is 1. The number of amides is 1. The molecular formula is C15H11BrClNO. The van der Waals surface area contributed by atoms with Crippen LogP contribution in [0.5, 0.6) is 0 Å². The molecule has 0 fully saturated rings. The Morgan fingerprint density at radius 3 is 2.37 bits per heavy atom. The normalized spacial score (nSPS) is 11.2. The molecule has 0 radical (unpaired) electrons. The van der Waals surface area contributed by atoms with Gasteiger partial charge in [-0.3, -0.25) is 4.79 Å². The molecular weight excluding hydrogens is 326 g/mol. The lowest BCUT2D eigenvalue weighted by Gasteiger charge is -2.06. The summed E-state index contributed by atoms with van der Waals surface area (Å²) in [7, 11) is 0. The monoisotopic (exact) mass is 335 g/mol. The zero-order valence-electron chi connectivity index (χ0n) is 9.94. The first-order valence-electron chi connectivity index (χ1n) is 5.65. The van der Waals surface area contributed by atoms with Crippen LogP contribution in [0, 0.1) is 0 Å². The summed E-state index contributed by atoms with van der Waals surface area (Å²) in [6.45, 7) is 0. The lowest BCUT2D eigenvalue weighted by Crippen LogP contribution is -2.11. The first kappa shape index (κ1) is 13.8. The van der Waals surface area contributed by atoms with E-state index in [0.717, 1.165) is 5.56 Å². The Morgan fingerprint density at radius 1 is 1.05 bits per heavy atom. The maximum atomic E-state index is 12.0. The van der Waals surface area contributed by atoms with Crippen LogP contribution < -0.4 is 5.32 Å². The fraction of sp³-hybridized carbons (Fsp3) is 0. The van der Waals surface area contributed by atoms with E-state index < -0.39 is 0 Å². The van der Waals surface area contributed by atoms with Gasteiger partial charge in [0.1, 0.15) is 0 Å². The van der Waals surface area contributed by atoms with Gasteiger partial charge in [-0.15, -0.1) is 0 Å². The molecule has 0 atom stereocenters. The van der Waals surface area contributed by atoms with E-state index in [1.807, 2.05) is 42.5 Å². The number of carbonyl (C=O) groups is 1. The second kappa shape index (κ2) is 6.55. The molecule has 2 rings (SSSR count). The van der Waals surface area contributed by atoms with Crippen molar-refractivity contribution in [1.82, 2.24) is 0 Å². The van der Waals surface area contributed by atoms with Crippen LogP contribution in [0.25, 0.3) is 6.08 Å². The Bertz CT molecular complexity index is 611. The van der Waals surface area contributed by atoms with E-state index >= 15 is 0 Å². The lowest BCUT2D eigenvalue weighted by atomic mass is 10.2. The summed E-state index contributed by atoms with van der Waals surface area (Å²) in [5.41, 5.74) is 1.54. The highest BCUT2D eigenvalue weighted by atomic mass is 79.9. The smallest absolute Gasteiger partial charge is 0.262 e. The van der Waals surface area contributed by atoms with E-state index in [1.165, 1.54) is 0 Å². The molecule has 96 valence electrons. The van der Waals surface area contributed by atoms with Crippen LogP contribution in [0.2, 0.25) is 5.02 Å². The standard InChI is InChI=1S/C15H11BrClNO/c16-12(10-11-6-2-1-3-7-11)15(19)18-14-9-5-4-8-13(14)17/h1-10H,(H,18,19)/b12-10+. The van der Waals surface area contributed by atoms with E-state index in [1.54, 1.807) is 18.2 Å². The molecule has 0 spiro atoms. The maximum absolute atomic E-state index is 12.0. The third-order valence-corrected chi connectivity index (χ3v) is 3.35. The highest BCUT2D eigenvalue weighted by Crippen LogP contribution is 2.22. The van der Waals surface area contributed by atoms with Crippen LogP contribution in [0.4, 0.5) is 5.69 Å². The number of halogens is 2. The molecule has 2 nitrogen and oxygen atoms in total. The molecule has 0 unspecified atom stereocenters. The van der Waals surface area contributed by atoms with Crippen molar-refractivity contribution in [3.8, 4) is 0 Å². The summed E-state index contributed by atoms with van der Waals surface area (Å²) in [6.07, 6.45) is 1.76. The summed E-state index contributed by atoms with van der Waals surface area (Å²) < 4.78 is 0.443. The van der Waals surface area contributed by atoms with Gasteiger partial charge >= 0.3 is 0 Å². The zero-order valence-corrected chi connectivity index (χ0v) is 12.3. The van der Waals surface area contributed by atoms with Gasteiger partial charge in [0.15, 0.2) is 0 Å². The van der Waals surface area contributed by atoms with Gasteiger partial charge in [-0.05, 0) is 39.7 Å². The molecule has 0 saturated carbocycles. The van der Waals surface area contributed by atoms with Crippen LogP contribution >= 0.6 is 27.5 Å². The van der Waals surface area contributed by atoms with Gasteiger partial charge in [0.05, 0.1) is 15.2 Å². The third-order valence-electron chi connectivity index (χ3n) is 2.43. The average Bonchev–Trinajstić information content (AvgIpc) is 2.42. The largest absolute Gasteiger partial charge is 0.320 e. The van der Waals surface area contributed by atoms with Crippen LogP contribution in [0.3, 0.4) is 0 Å². The van der Waals surface area contributed by atoms with E-state index in [4.69, 9.17) is 11.6 Å². The Labute approximate surface area is 125 Å². The fourth-order valence-corrected chi connectivity index (χ4v) is 2.05. The van der Waals surface area contributed by atoms with Gasteiger partial charge in [-0.1, -0.05) is 54.1 Å². The minimum atomic E-state index is -0.239. The van der Waals surface area contributed by atoms with Gasteiger partial charge < -0.3 is 5.32 Å². The molecule has 1 amide bonds. The molecule has 0 aliphatic heterocycles. The van der Waals surface area contributed by atoms with Crippen molar-refractivity contribution in [3.05, 3.63) is 69.7 Å². The Balaban J connectivity index is 2.12. The number of benzene rings is 2. The molecule has 0 bridgehead atoms. The number of para-hydroxylation sites is 1. The minimum Gasteiger partial charge on any atom is -0.320 e. The third kappa shape index (κ3) is 3.94. The van der Waals surface area contributed by atoms with Crippen LogP contribution in [-0.2, 0) is 4.79 Å². The summed E-state index contributed by atoms with van der Waals surface area (Å²) in [4.78, 5) is 12.0. The molecule has 2 aromatic carbocycles. The maximum Gasteiger partial charge on any atom is 0.262 e. The van der Waals surface area contributed by atoms with Crippen molar-refractivity contribution in [2.45, 2.75) is 0 Å². The summed E-state index contributed by atoms with van der Waals surface area (Å²) in [5, 5.41) is 3.25. The molecule has 0 heterocycles. The summed E-state index contributed by atoms with van der Waals surface area (Å²) in [6, 6.07) is 16.7. The number of rotatable bonds is 3. The molecule has 19 heavy (non-hydrogen) atoms.